The van der Waals surface area contributed by atoms with E-state index in [2.05, 4.69) is 10.6 Å². The standard InChI is InChI=1S/C33H44N2O10S2/c36-29(37)18-12-4-2-1-3-11-17-26(47-23-28(31(40)41)35-33(43)45-20-25-15-9-6-10-16-25)21-46-22-27(30(38)39)34-32(42)44-19-24-13-7-5-8-14-24/h5-10,13-16,26-28H,1-4,11-12,17-23H2,(H,34,42)(H,35,43)(H,36,37)(H,38,39)(H,40,41)/t26?,27-,28-/m0/s1. The van der Waals surface area contributed by atoms with Crippen molar-refractivity contribution in [3.8, 4) is 0 Å². The molecule has 2 rings (SSSR count). The number of aliphatic carboxylic acids is 3. The van der Waals surface area contributed by atoms with Crippen molar-refractivity contribution in [2.75, 3.05) is 17.3 Å². The molecule has 0 heterocycles. The Kier molecular flexibility index (Phi) is 19.6. The van der Waals surface area contributed by atoms with Crippen molar-refractivity contribution in [1.82, 2.24) is 10.6 Å². The minimum atomic E-state index is -1.20. The third-order valence-electron chi connectivity index (χ3n) is 6.86. The lowest BCUT2D eigenvalue weighted by molar-refractivity contribution is -0.139. The number of nitrogens with one attached hydrogen (secondary N) is 2. The Morgan fingerprint density at radius 1 is 0.617 bits per heavy atom. The van der Waals surface area contributed by atoms with Gasteiger partial charge in [-0.3, -0.25) is 4.79 Å². The van der Waals surface area contributed by atoms with Gasteiger partial charge in [0.25, 0.3) is 0 Å². The Hall–Kier alpha value is -3.91. The zero-order valence-electron chi connectivity index (χ0n) is 26.2. The van der Waals surface area contributed by atoms with Crippen LogP contribution in [0.1, 0.15) is 62.5 Å². The van der Waals surface area contributed by atoms with Gasteiger partial charge in [-0.1, -0.05) is 92.8 Å². The van der Waals surface area contributed by atoms with E-state index in [4.69, 9.17) is 14.6 Å². The maximum Gasteiger partial charge on any atom is 0.408 e. The van der Waals surface area contributed by atoms with Crippen LogP contribution >= 0.6 is 23.5 Å². The minimum absolute atomic E-state index is 0.000303. The molecule has 0 radical (unpaired) electrons. The summed E-state index contributed by atoms with van der Waals surface area (Å²) in [6.45, 7) is 0.00329. The van der Waals surface area contributed by atoms with Crippen LogP contribution in [0.25, 0.3) is 0 Å². The summed E-state index contributed by atoms with van der Waals surface area (Å²) in [5.41, 5.74) is 1.53. The van der Waals surface area contributed by atoms with E-state index in [9.17, 15) is 34.2 Å². The van der Waals surface area contributed by atoms with Crippen LogP contribution in [0, 0.1) is 0 Å². The topological polar surface area (TPSA) is 189 Å². The number of carboxylic acids is 3. The maximum absolute atomic E-state index is 12.3. The van der Waals surface area contributed by atoms with Crippen LogP contribution in [0.4, 0.5) is 9.59 Å². The van der Waals surface area contributed by atoms with Crippen molar-refractivity contribution in [2.45, 2.75) is 81.9 Å². The summed E-state index contributed by atoms with van der Waals surface area (Å²) in [4.78, 5) is 59.0. The first-order chi connectivity index (χ1) is 22.6. The quantitative estimate of drug-likeness (QED) is 0.0835. The van der Waals surface area contributed by atoms with Gasteiger partial charge >= 0.3 is 30.1 Å². The van der Waals surface area contributed by atoms with Crippen molar-refractivity contribution in [1.29, 1.82) is 0 Å². The van der Waals surface area contributed by atoms with Crippen LogP contribution in [0.3, 0.4) is 0 Å². The number of thioether (sulfide) groups is 2. The number of alkyl carbamates (subject to hydrolysis) is 2. The highest BCUT2D eigenvalue weighted by Gasteiger charge is 2.25. The molecule has 1 unspecified atom stereocenters. The number of hydrogen-bond donors (Lipinski definition) is 5. The highest BCUT2D eigenvalue weighted by atomic mass is 32.2. The van der Waals surface area contributed by atoms with E-state index in [0.717, 1.165) is 49.7 Å². The SMILES string of the molecule is O=C(O)CCCCCCCCC(CSC[C@H](NC(=O)OCc1ccccc1)C(=O)O)SC[C@H](NC(=O)OCc1ccccc1)C(=O)O. The van der Waals surface area contributed by atoms with Crippen molar-refractivity contribution < 1.29 is 48.8 Å². The first-order valence-corrected chi connectivity index (χ1v) is 17.7. The van der Waals surface area contributed by atoms with Crippen molar-refractivity contribution in [3.63, 3.8) is 0 Å². The molecule has 0 saturated heterocycles. The number of rotatable bonds is 24. The molecule has 0 spiro atoms. The number of benzene rings is 2. The van der Waals surface area contributed by atoms with E-state index in [-0.39, 0.29) is 36.4 Å². The number of unbranched alkanes of at least 4 members (excludes halogenated alkanes) is 5. The van der Waals surface area contributed by atoms with Gasteiger partial charge in [0.15, 0.2) is 0 Å². The van der Waals surface area contributed by atoms with Crippen LogP contribution in [0.15, 0.2) is 60.7 Å². The minimum Gasteiger partial charge on any atom is -0.481 e. The van der Waals surface area contributed by atoms with Crippen molar-refractivity contribution >= 4 is 53.6 Å². The Balaban J connectivity index is 1.87. The maximum atomic E-state index is 12.3. The van der Waals surface area contributed by atoms with Gasteiger partial charge in [0, 0.05) is 28.9 Å². The molecule has 2 amide bonds. The highest BCUT2D eigenvalue weighted by molar-refractivity contribution is 8.03. The summed E-state index contributed by atoms with van der Waals surface area (Å²) in [5, 5.41) is 32.9. The lowest BCUT2D eigenvalue weighted by Crippen LogP contribution is -2.43. The smallest absolute Gasteiger partial charge is 0.408 e. The molecular weight excluding hydrogens is 649 g/mol. The van der Waals surface area contributed by atoms with Gasteiger partial charge in [-0.15, -0.1) is 0 Å². The third kappa shape index (κ3) is 18.7. The first-order valence-electron chi connectivity index (χ1n) is 15.4. The Morgan fingerprint density at radius 3 is 1.57 bits per heavy atom. The second-order valence-corrected chi connectivity index (χ2v) is 13.1. The Morgan fingerprint density at radius 2 is 1.09 bits per heavy atom. The molecular formula is C33H44N2O10S2. The molecule has 0 aromatic heterocycles. The predicted molar refractivity (Wildman–Crippen MR) is 181 cm³/mol. The van der Waals surface area contributed by atoms with E-state index in [0.29, 0.717) is 12.2 Å². The van der Waals surface area contributed by atoms with Crippen LogP contribution < -0.4 is 10.6 Å². The largest absolute Gasteiger partial charge is 0.481 e. The fourth-order valence-corrected chi connectivity index (χ4v) is 7.01. The molecule has 0 aliphatic carbocycles. The van der Waals surface area contributed by atoms with E-state index in [1.54, 1.807) is 48.5 Å². The molecule has 0 fully saturated rings. The molecule has 12 nitrogen and oxygen atoms in total. The van der Waals surface area contributed by atoms with Crippen LogP contribution in [-0.2, 0) is 37.1 Å². The first kappa shape index (κ1) is 39.3. The van der Waals surface area contributed by atoms with E-state index >= 15 is 0 Å². The number of carboxylic acid groups (broad SMARTS) is 3. The monoisotopic (exact) mass is 692 g/mol. The molecule has 14 heteroatoms. The number of ether oxygens (including phenoxy) is 2. The Labute approximate surface area is 283 Å². The second-order valence-electron chi connectivity index (χ2n) is 10.7. The molecule has 2 aromatic carbocycles. The molecule has 258 valence electrons. The molecule has 0 aliphatic rings. The fraction of sp³-hybridized carbons (Fsp3) is 0.485. The molecule has 2 aromatic rings. The van der Waals surface area contributed by atoms with Crippen LogP contribution in [-0.4, -0.2) is 80.0 Å². The highest BCUT2D eigenvalue weighted by Crippen LogP contribution is 2.24. The fourth-order valence-electron chi connectivity index (χ4n) is 4.28. The zero-order chi connectivity index (χ0) is 34.3. The summed E-state index contributed by atoms with van der Waals surface area (Å²) < 4.78 is 10.3. The van der Waals surface area contributed by atoms with Crippen molar-refractivity contribution in [2.24, 2.45) is 0 Å². The third-order valence-corrected chi connectivity index (χ3v) is 9.68. The average Bonchev–Trinajstić information content (AvgIpc) is 3.05. The Bertz CT molecular complexity index is 1240. The van der Waals surface area contributed by atoms with Gasteiger partial charge in [-0.25, -0.2) is 19.2 Å². The number of hydrogen-bond acceptors (Lipinski definition) is 9. The number of carbonyl (C=O) groups is 5. The normalized spacial score (nSPS) is 12.7. The molecule has 3 atom stereocenters. The van der Waals surface area contributed by atoms with E-state index in [1.165, 1.54) is 23.5 Å². The van der Waals surface area contributed by atoms with Gasteiger partial charge in [-0.05, 0) is 24.0 Å². The lowest BCUT2D eigenvalue weighted by Gasteiger charge is -2.21. The number of amides is 2. The van der Waals surface area contributed by atoms with Crippen LogP contribution in [0.5, 0.6) is 0 Å². The van der Waals surface area contributed by atoms with Gasteiger partial charge < -0.3 is 35.4 Å². The lowest BCUT2D eigenvalue weighted by atomic mass is 10.1. The molecule has 5 N–H and O–H groups in total. The van der Waals surface area contributed by atoms with Gasteiger partial charge in [0.05, 0.1) is 0 Å². The molecule has 0 aliphatic heterocycles. The summed E-state index contributed by atoms with van der Waals surface area (Å²) in [7, 11) is 0. The zero-order valence-corrected chi connectivity index (χ0v) is 27.8. The van der Waals surface area contributed by atoms with E-state index in [1.807, 2.05) is 12.1 Å². The van der Waals surface area contributed by atoms with Crippen molar-refractivity contribution in [3.05, 3.63) is 71.8 Å². The van der Waals surface area contributed by atoms with Gasteiger partial charge in [0.2, 0.25) is 0 Å². The predicted octanol–water partition coefficient (Wildman–Crippen LogP) is 5.79. The molecule has 47 heavy (non-hydrogen) atoms. The molecule has 0 saturated carbocycles. The van der Waals surface area contributed by atoms with Gasteiger partial charge in [-0.2, -0.15) is 23.5 Å². The average molecular weight is 693 g/mol. The summed E-state index contributed by atoms with van der Waals surface area (Å²) >= 11 is 2.70. The summed E-state index contributed by atoms with van der Waals surface area (Å²) in [5.74, 6) is -2.58. The van der Waals surface area contributed by atoms with Gasteiger partial charge in [0.1, 0.15) is 25.3 Å². The summed E-state index contributed by atoms with van der Waals surface area (Å²) in [6.07, 6.45) is 4.28. The summed E-state index contributed by atoms with van der Waals surface area (Å²) in [6, 6.07) is 15.6. The van der Waals surface area contributed by atoms with Crippen LogP contribution in [0.2, 0.25) is 0 Å². The number of carbonyl (C=O) groups excluding carboxylic acids is 2. The van der Waals surface area contributed by atoms with E-state index < -0.39 is 42.2 Å². The second kappa shape index (κ2) is 23.4. The molecule has 0 bridgehead atoms.